The van der Waals surface area contributed by atoms with Crippen LogP contribution in [0.1, 0.15) is 36.3 Å². The molecule has 0 amide bonds. The summed E-state index contributed by atoms with van der Waals surface area (Å²) >= 11 is 15.6. The van der Waals surface area contributed by atoms with Crippen molar-refractivity contribution in [2.75, 3.05) is 4.90 Å². The number of carbonyl (C=O) groups excluding carboxylic acids is 1. The number of ketones is 1. The fourth-order valence-corrected chi connectivity index (χ4v) is 6.78. The minimum Gasteiger partial charge on any atom is -0.384 e. The van der Waals surface area contributed by atoms with Crippen LogP contribution in [-0.4, -0.2) is 16.0 Å². The number of nitrogens with two attached hydrogens (primary N) is 1. The molecule has 1 aliphatic carbocycles. The minimum atomic E-state index is -0.649. The Morgan fingerprint density at radius 2 is 1.97 bits per heavy atom. The summed E-state index contributed by atoms with van der Waals surface area (Å²) in [5.74, 6) is 0.334. The quantitative estimate of drug-likeness (QED) is 0.372. The van der Waals surface area contributed by atoms with Gasteiger partial charge >= 0.3 is 0 Å². The molecule has 6 nitrogen and oxygen atoms in total. The lowest BCUT2D eigenvalue weighted by Gasteiger charge is -2.38. The molecule has 1 aliphatic heterocycles. The molecule has 0 radical (unpaired) electrons. The number of thioether (sulfide) groups is 1. The summed E-state index contributed by atoms with van der Waals surface area (Å²) in [5, 5.41) is 20.3. The summed E-state index contributed by atoms with van der Waals surface area (Å²) in [6.07, 6.45) is 1.73. The Labute approximate surface area is 221 Å². The molecular weight excluding hydrogens is 521 g/mol. The Morgan fingerprint density at radius 3 is 2.71 bits per heavy atom. The summed E-state index contributed by atoms with van der Waals surface area (Å²) in [7, 11) is 0. The molecule has 2 aromatic carbocycles. The van der Waals surface area contributed by atoms with Crippen molar-refractivity contribution in [1.82, 2.24) is 10.2 Å². The first-order valence-electron chi connectivity index (χ1n) is 10.9. The summed E-state index contributed by atoms with van der Waals surface area (Å²) in [4.78, 5) is 15.0. The number of nitriles is 1. The molecule has 2 aliphatic rings. The van der Waals surface area contributed by atoms with Gasteiger partial charge in [-0.25, -0.2) is 0 Å². The van der Waals surface area contributed by atoms with Crippen molar-refractivity contribution in [1.29, 1.82) is 5.26 Å². The molecule has 0 bridgehead atoms. The lowest BCUT2D eigenvalue weighted by atomic mass is 9.76. The summed E-state index contributed by atoms with van der Waals surface area (Å²) in [5.41, 5.74) is 9.98. The SMILES string of the molecule is N#CC1=C(N)N(c2nnc(SCc3ccccc3)s2)C2=C(C(=O)CCC2)C1c1ccc(Cl)cc1Cl. The number of Topliss-reactive ketones (excluding diaryl/α,β-unsaturated/α-hetero) is 1. The monoisotopic (exact) mass is 539 g/mol. The molecule has 1 atom stereocenters. The third-order valence-corrected chi connectivity index (χ3v) is 8.65. The summed E-state index contributed by atoms with van der Waals surface area (Å²) in [6.45, 7) is 0. The second kappa shape index (κ2) is 10.0. The van der Waals surface area contributed by atoms with Gasteiger partial charge in [0.1, 0.15) is 5.82 Å². The standard InChI is InChI=1S/C25H19Cl2N5OS2/c26-15-9-10-16(18(27)11-15)21-17(12-28)23(29)32(19-7-4-8-20(33)22(19)21)24-30-31-25(35-24)34-13-14-5-2-1-3-6-14/h1-3,5-6,9-11,21H,4,7-8,13,29H2. The topological polar surface area (TPSA) is 95.9 Å². The zero-order chi connectivity index (χ0) is 24.5. The number of halogens is 2. The first kappa shape index (κ1) is 23.9. The normalized spacial score (nSPS) is 18.0. The van der Waals surface area contributed by atoms with Gasteiger partial charge in [0.2, 0.25) is 5.13 Å². The van der Waals surface area contributed by atoms with Gasteiger partial charge < -0.3 is 5.73 Å². The van der Waals surface area contributed by atoms with Crippen molar-refractivity contribution in [3.8, 4) is 6.07 Å². The predicted molar refractivity (Wildman–Crippen MR) is 140 cm³/mol. The van der Waals surface area contributed by atoms with E-state index < -0.39 is 5.92 Å². The van der Waals surface area contributed by atoms with E-state index in [0.717, 1.165) is 15.8 Å². The van der Waals surface area contributed by atoms with Crippen LogP contribution in [0.25, 0.3) is 0 Å². The second-order valence-corrected chi connectivity index (χ2v) is 11.1. The highest BCUT2D eigenvalue weighted by atomic mass is 35.5. The van der Waals surface area contributed by atoms with E-state index in [1.807, 2.05) is 18.2 Å². The summed E-state index contributed by atoms with van der Waals surface area (Å²) in [6, 6.07) is 17.4. The third-order valence-electron chi connectivity index (χ3n) is 5.98. The van der Waals surface area contributed by atoms with Crippen LogP contribution < -0.4 is 10.6 Å². The van der Waals surface area contributed by atoms with Gasteiger partial charge in [0.05, 0.1) is 17.6 Å². The molecule has 1 unspecified atom stereocenters. The molecule has 2 N–H and O–H groups in total. The molecule has 0 saturated heterocycles. The summed E-state index contributed by atoms with van der Waals surface area (Å²) < 4.78 is 0.780. The number of benzene rings is 2. The molecule has 0 saturated carbocycles. The van der Waals surface area contributed by atoms with Gasteiger partial charge in [0, 0.05) is 33.5 Å². The number of hydrogen-bond acceptors (Lipinski definition) is 8. The number of nitrogens with zero attached hydrogens (tertiary/aromatic N) is 4. The van der Waals surface area contributed by atoms with E-state index in [9.17, 15) is 10.1 Å². The number of carbonyl (C=O) groups is 1. The van der Waals surface area contributed by atoms with Gasteiger partial charge in [0.15, 0.2) is 10.1 Å². The van der Waals surface area contributed by atoms with Crippen molar-refractivity contribution in [3.63, 3.8) is 0 Å². The zero-order valence-corrected chi connectivity index (χ0v) is 21.5. The smallest absolute Gasteiger partial charge is 0.219 e. The van der Waals surface area contributed by atoms with Gasteiger partial charge in [-0.05, 0) is 36.1 Å². The number of anilines is 1. The van der Waals surface area contributed by atoms with Gasteiger partial charge in [-0.1, -0.05) is 82.7 Å². The maximum Gasteiger partial charge on any atom is 0.219 e. The molecule has 2 heterocycles. The van der Waals surface area contributed by atoms with Crippen molar-refractivity contribution in [3.05, 3.63) is 92.4 Å². The van der Waals surface area contributed by atoms with Crippen molar-refractivity contribution in [2.24, 2.45) is 5.73 Å². The molecule has 3 aromatic rings. The Bertz CT molecular complexity index is 1410. The van der Waals surface area contributed by atoms with E-state index in [2.05, 4.69) is 28.4 Å². The van der Waals surface area contributed by atoms with Crippen LogP contribution in [-0.2, 0) is 10.5 Å². The molecule has 35 heavy (non-hydrogen) atoms. The Kier molecular flexibility index (Phi) is 6.85. The van der Waals surface area contributed by atoms with Crippen LogP contribution in [0.2, 0.25) is 10.0 Å². The van der Waals surface area contributed by atoms with Gasteiger partial charge in [-0.3, -0.25) is 9.69 Å². The van der Waals surface area contributed by atoms with Gasteiger partial charge in [-0.2, -0.15) is 5.26 Å². The number of rotatable bonds is 5. The zero-order valence-electron chi connectivity index (χ0n) is 18.4. The van der Waals surface area contributed by atoms with Crippen LogP contribution >= 0.6 is 46.3 Å². The van der Waals surface area contributed by atoms with E-state index in [4.69, 9.17) is 28.9 Å². The van der Waals surface area contributed by atoms with Gasteiger partial charge in [0.25, 0.3) is 0 Å². The largest absolute Gasteiger partial charge is 0.384 e. The molecule has 176 valence electrons. The molecule has 5 rings (SSSR count). The minimum absolute atomic E-state index is 0.0179. The van der Waals surface area contributed by atoms with E-state index in [-0.39, 0.29) is 17.2 Å². The van der Waals surface area contributed by atoms with E-state index in [0.29, 0.717) is 45.6 Å². The number of aromatic nitrogens is 2. The van der Waals surface area contributed by atoms with Crippen LogP contribution in [0.15, 0.2) is 75.5 Å². The predicted octanol–water partition coefficient (Wildman–Crippen LogP) is 6.44. The van der Waals surface area contributed by atoms with Crippen LogP contribution in [0.4, 0.5) is 5.13 Å². The van der Waals surface area contributed by atoms with Crippen LogP contribution in [0.5, 0.6) is 0 Å². The van der Waals surface area contributed by atoms with Crippen molar-refractivity contribution < 1.29 is 4.79 Å². The fraction of sp³-hybridized carbons (Fsp3) is 0.200. The van der Waals surface area contributed by atoms with Crippen LogP contribution in [0.3, 0.4) is 0 Å². The van der Waals surface area contributed by atoms with E-state index in [1.54, 1.807) is 34.9 Å². The van der Waals surface area contributed by atoms with E-state index >= 15 is 0 Å². The maximum absolute atomic E-state index is 13.2. The Balaban J connectivity index is 1.56. The Morgan fingerprint density at radius 1 is 1.17 bits per heavy atom. The average Bonchev–Trinajstić information content (AvgIpc) is 3.31. The lowest BCUT2D eigenvalue weighted by molar-refractivity contribution is -0.116. The highest BCUT2D eigenvalue weighted by Crippen LogP contribution is 2.48. The number of hydrogen-bond donors (Lipinski definition) is 1. The second-order valence-electron chi connectivity index (χ2n) is 8.11. The van der Waals surface area contributed by atoms with Gasteiger partial charge in [-0.15, -0.1) is 10.2 Å². The van der Waals surface area contributed by atoms with Crippen LogP contribution in [0, 0.1) is 11.3 Å². The molecule has 0 spiro atoms. The first-order valence-corrected chi connectivity index (χ1v) is 13.4. The van der Waals surface area contributed by atoms with Crippen molar-refractivity contribution >= 4 is 57.2 Å². The molecular formula is C25H19Cl2N5OS2. The van der Waals surface area contributed by atoms with E-state index in [1.165, 1.54) is 16.9 Å². The fourth-order valence-electron chi connectivity index (χ4n) is 4.42. The Hall–Kier alpha value is -2.83. The van der Waals surface area contributed by atoms with Crippen molar-refractivity contribution in [2.45, 2.75) is 35.3 Å². The molecule has 10 heteroatoms. The third kappa shape index (κ3) is 4.57. The number of allylic oxidation sites excluding steroid dienone is 3. The molecule has 0 fully saturated rings. The first-order chi connectivity index (χ1) is 17.0. The molecule has 1 aromatic heterocycles. The highest BCUT2D eigenvalue weighted by Gasteiger charge is 2.41. The lowest BCUT2D eigenvalue weighted by Crippen LogP contribution is -2.38. The average molecular weight is 541 g/mol. The highest BCUT2D eigenvalue weighted by molar-refractivity contribution is 8.00. The maximum atomic E-state index is 13.2.